The Balaban J connectivity index is 1.91. The van der Waals surface area contributed by atoms with Crippen molar-refractivity contribution in [2.75, 3.05) is 0 Å². The van der Waals surface area contributed by atoms with E-state index < -0.39 is 16.4 Å². The molecule has 3 unspecified atom stereocenters. The molecule has 1 amide bonds. The summed E-state index contributed by atoms with van der Waals surface area (Å²) in [4.78, 5) is 25.5. The van der Waals surface area contributed by atoms with Crippen LogP contribution in [0.3, 0.4) is 0 Å². The summed E-state index contributed by atoms with van der Waals surface area (Å²) in [6.45, 7) is 4.17. The van der Waals surface area contributed by atoms with Gasteiger partial charge < -0.3 is 27.4 Å². The van der Waals surface area contributed by atoms with Crippen LogP contribution >= 0.6 is 12.6 Å². The van der Waals surface area contributed by atoms with Crippen LogP contribution in [-0.4, -0.2) is 26.7 Å². The Morgan fingerprint density at radius 1 is 1.31 bits per heavy atom. The minimum Gasteiger partial charge on any atom is -0.507 e. The van der Waals surface area contributed by atoms with Crippen molar-refractivity contribution in [3.05, 3.63) is 57.8 Å². The molecule has 3 aliphatic carbocycles. The second kappa shape index (κ2) is 6.40. The van der Waals surface area contributed by atoms with E-state index in [1.807, 2.05) is 0 Å². The van der Waals surface area contributed by atoms with Gasteiger partial charge in [-0.1, -0.05) is 12.6 Å². The largest absolute Gasteiger partial charge is 0.507 e. The first-order valence-electron chi connectivity index (χ1n) is 9.35. The van der Waals surface area contributed by atoms with Crippen molar-refractivity contribution >= 4 is 30.1 Å². The van der Waals surface area contributed by atoms with E-state index in [1.54, 1.807) is 6.07 Å². The molecule has 0 saturated heterocycles. The molecule has 29 heavy (non-hydrogen) atoms. The van der Waals surface area contributed by atoms with E-state index in [4.69, 9.17) is 17.2 Å². The van der Waals surface area contributed by atoms with Gasteiger partial charge in [-0.25, -0.2) is 0 Å². The minimum atomic E-state index is -1.40. The molecule has 0 spiro atoms. The van der Waals surface area contributed by atoms with E-state index in [2.05, 4.69) is 19.2 Å². The number of allylic oxidation sites excluding steroid dienone is 2. The fourth-order valence-electron chi connectivity index (χ4n) is 5.12. The number of thiol groups is 1. The molecule has 1 saturated carbocycles. The van der Waals surface area contributed by atoms with E-state index in [0.717, 1.165) is 11.1 Å². The summed E-state index contributed by atoms with van der Waals surface area (Å²) in [6, 6.07) is 3.18. The maximum Gasteiger partial charge on any atom is 0.250 e. The lowest BCUT2D eigenvalue weighted by molar-refractivity contribution is -0.120. The topological polar surface area (TPSA) is 153 Å². The standard InChI is InChI=1S/C21H23N3O4S/c1-8-15(20(24)28)13(23)6-11-4-10-5-12-9(7-22)2-3-14(25)17(12)18(26)16(10)19(27)21(8,11)29/h2-3,10-11,25-26,29H,1,4-7,22-23H2,(H2,24,28). The summed E-state index contributed by atoms with van der Waals surface area (Å²) in [5.74, 6) is -2.14. The van der Waals surface area contributed by atoms with Crippen LogP contribution in [0.25, 0.3) is 5.76 Å². The highest BCUT2D eigenvalue weighted by Crippen LogP contribution is 2.56. The van der Waals surface area contributed by atoms with Crippen molar-refractivity contribution < 1.29 is 19.8 Å². The zero-order valence-corrected chi connectivity index (χ0v) is 16.6. The third-order valence-electron chi connectivity index (χ3n) is 6.50. The number of nitrogens with two attached hydrogens (primary N) is 3. The van der Waals surface area contributed by atoms with Crippen molar-refractivity contribution in [2.45, 2.75) is 30.6 Å². The Labute approximate surface area is 173 Å². The van der Waals surface area contributed by atoms with Crippen molar-refractivity contribution in [2.24, 2.45) is 29.0 Å². The number of aliphatic hydroxyl groups is 1. The predicted molar refractivity (Wildman–Crippen MR) is 112 cm³/mol. The molecule has 152 valence electrons. The van der Waals surface area contributed by atoms with E-state index >= 15 is 0 Å². The highest BCUT2D eigenvalue weighted by Gasteiger charge is 2.57. The predicted octanol–water partition coefficient (Wildman–Crippen LogP) is 1.21. The summed E-state index contributed by atoms with van der Waals surface area (Å²) in [7, 11) is 0. The smallest absolute Gasteiger partial charge is 0.250 e. The van der Waals surface area contributed by atoms with Gasteiger partial charge in [-0.05, 0) is 53.9 Å². The van der Waals surface area contributed by atoms with Crippen LogP contribution < -0.4 is 17.2 Å². The number of amides is 1. The van der Waals surface area contributed by atoms with Gasteiger partial charge in [-0.3, -0.25) is 9.59 Å². The average molecular weight is 413 g/mol. The van der Waals surface area contributed by atoms with Crippen LogP contribution in [0, 0.1) is 11.8 Å². The van der Waals surface area contributed by atoms with Gasteiger partial charge in [0.25, 0.3) is 5.91 Å². The minimum absolute atomic E-state index is 0.0348. The zero-order chi connectivity index (χ0) is 21.2. The van der Waals surface area contributed by atoms with Crippen LogP contribution in [0.5, 0.6) is 5.75 Å². The molecule has 0 bridgehead atoms. The van der Waals surface area contributed by atoms with E-state index in [0.29, 0.717) is 18.5 Å². The number of ketones is 1. The first-order chi connectivity index (χ1) is 13.6. The van der Waals surface area contributed by atoms with Gasteiger partial charge in [-0.15, -0.1) is 0 Å². The second-order valence-corrected chi connectivity index (χ2v) is 8.65. The van der Waals surface area contributed by atoms with Gasteiger partial charge in [0.15, 0.2) is 5.78 Å². The Kier molecular flexibility index (Phi) is 4.32. The number of phenolic OH excluding ortho intramolecular Hbond substituents is 1. The molecule has 0 radical (unpaired) electrons. The Morgan fingerprint density at radius 2 is 2.00 bits per heavy atom. The number of aliphatic hydroxyl groups excluding tert-OH is 1. The lowest BCUT2D eigenvalue weighted by atomic mass is 9.59. The molecule has 8 N–H and O–H groups in total. The summed E-state index contributed by atoms with van der Waals surface area (Å²) in [6.07, 6.45) is 1.26. The summed E-state index contributed by atoms with van der Waals surface area (Å²) >= 11 is 4.68. The quantitative estimate of drug-likeness (QED) is 0.401. The van der Waals surface area contributed by atoms with E-state index in [1.165, 1.54) is 6.07 Å². The number of rotatable bonds is 2. The lowest BCUT2D eigenvalue weighted by Gasteiger charge is -2.48. The normalized spacial score (nSPS) is 28.8. The maximum atomic E-state index is 13.6. The number of carbonyl (C=O) groups excluding carboxylic acids is 2. The van der Waals surface area contributed by atoms with Gasteiger partial charge in [0.05, 0.1) is 11.1 Å². The van der Waals surface area contributed by atoms with Gasteiger partial charge in [0, 0.05) is 17.8 Å². The number of hydrogen-bond donors (Lipinski definition) is 6. The molecule has 1 aromatic carbocycles. The van der Waals surface area contributed by atoms with Gasteiger partial charge in [0.2, 0.25) is 0 Å². The molecule has 0 aliphatic heterocycles. The van der Waals surface area contributed by atoms with Crippen LogP contribution in [0.15, 0.2) is 41.1 Å². The van der Waals surface area contributed by atoms with Gasteiger partial charge in [-0.2, -0.15) is 12.6 Å². The number of primary amides is 1. The van der Waals surface area contributed by atoms with Crippen LogP contribution in [-0.2, 0) is 22.6 Å². The van der Waals surface area contributed by atoms with E-state index in [-0.39, 0.29) is 58.6 Å². The molecule has 3 aliphatic rings. The number of fused-ring (bicyclic) bond motifs is 3. The molecule has 1 fully saturated rings. The van der Waals surface area contributed by atoms with Gasteiger partial charge in [0.1, 0.15) is 16.3 Å². The molecule has 0 heterocycles. The molecule has 4 rings (SSSR count). The Morgan fingerprint density at radius 3 is 2.62 bits per heavy atom. The van der Waals surface area contributed by atoms with Crippen molar-refractivity contribution in [1.82, 2.24) is 0 Å². The lowest BCUT2D eigenvalue weighted by Crippen LogP contribution is -2.54. The monoisotopic (exact) mass is 413 g/mol. The third kappa shape index (κ3) is 2.49. The van der Waals surface area contributed by atoms with Crippen LogP contribution in [0.4, 0.5) is 0 Å². The van der Waals surface area contributed by atoms with Crippen LogP contribution in [0.1, 0.15) is 29.5 Å². The summed E-state index contributed by atoms with van der Waals surface area (Å²) < 4.78 is -1.40. The molecule has 0 aromatic heterocycles. The van der Waals surface area contributed by atoms with Crippen molar-refractivity contribution in [3.8, 4) is 5.75 Å². The van der Waals surface area contributed by atoms with Crippen molar-refractivity contribution in [1.29, 1.82) is 0 Å². The first kappa shape index (κ1) is 19.6. The fraction of sp³-hybridized carbons (Fsp3) is 0.333. The molecule has 1 aromatic rings. The molecule has 3 atom stereocenters. The molecular formula is C21H23N3O4S. The highest BCUT2D eigenvalue weighted by atomic mass is 32.1. The number of phenols is 1. The van der Waals surface area contributed by atoms with Crippen LogP contribution in [0.2, 0.25) is 0 Å². The molecule has 7 nitrogen and oxygen atoms in total. The number of benzene rings is 1. The Bertz CT molecular complexity index is 1060. The second-order valence-electron chi connectivity index (χ2n) is 7.94. The van der Waals surface area contributed by atoms with E-state index in [9.17, 15) is 19.8 Å². The van der Waals surface area contributed by atoms with Crippen molar-refractivity contribution in [3.63, 3.8) is 0 Å². The first-order valence-corrected chi connectivity index (χ1v) is 9.80. The Hall–Kier alpha value is -2.71. The number of aromatic hydroxyl groups is 1. The number of hydrogen-bond acceptors (Lipinski definition) is 7. The summed E-state index contributed by atoms with van der Waals surface area (Å²) in [5, 5.41) is 21.4. The fourth-order valence-corrected chi connectivity index (χ4v) is 5.54. The highest BCUT2D eigenvalue weighted by molar-refractivity contribution is 7.83. The number of carbonyl (C=O) groups is 2. The maximum absolute atomic E-state index is 13.6. The molecule has 8 heteroatoms. The molecular weight excluding hydrogens is 390 g/mol. The average Bonchev–Trinajstić information content (AvgIpc) is 2.64. The zero-order valence-electron chi connectivity index (χ0n) is 15.7. The third-order valence-corrected chi connectivity index (χ3v) is 7.34. The number of Topliss-reactive ketones (excluding diaryl/α,β-unsaturated/α-hetero) is 1. The SMILES string of the molecule is C=C1C(C(N)=O)=C(N)CC2CC3Cc4c(CN)ccc(O)c4C(O)=C3C(=O)C12S. The summed E-state index contributed by atoms with van der Waals surface area (Å²) in [5.41, 5.74) is 19.9. The van der Waals surface area contributed by atoms with Gasteiger partial charge >= 0.3 is 0 Å².